The zero-order valence-electron chi connectivity index (χ0n) is 11.4. The topological polar surface area (TPSA) is 58.9 Å². The number of carbonyl (C=O) groups is 1. The second-order valence-electron chi connectivity index (χ2n) is 4.98. The Morgan fingerprint density at radius 1 is 1.50 bits per heavy atom. The van der Waals surface area contributed by atoms with E-state index in [1.54, 1.807) is 12.3 Å². The Morgan fingerprint density at radius 3 is 2.90 bits per heavy atom. The number of carbonyl (C=O) groups excluding carboxylic acids is 1. The number of hydrogen-bond donors (Lipinski definition) is 1. The van der Waals surface area contributed by atoms with Crippen LogP contribution in [-0.4, -0.2) is 36.9 Å². The van der Waals surface area contributed by atoms with Gasteiger partial charge in [0, 0.05) is 35.4 Å². The molecule has 20 heavy (non-hydrogen) atoms. The van der Waals surface area contributed by atoms with E-state index in [-0.39, 0.29) is 24.0 Å². The highest BCUT2D eigenvalue weighted by atomic mass is 79.9. The average Bonchev–Trinajstić information content (AvgIpc) is 2.44. The first-order valence-corrected chi connectivity index (χ1v) is 7.46. The highest BCUT2D eigenvalue weighted by Gasteiger charge is 2.20. The van der Waals surface area contributed by atoms with Crippen LogP contribution in [0.25, 0.3) is 0 Å². The Balaban J connectivity index is 1.98. The molecule has 0 saturated carbocycles. The van der Waals surface area contributed by atoms with Gasteiger partial charge in [-0.2, -0.15) is 0 Å². The summed E-state index contributed by atoms with van der Waals surface area (Å²) < 4.78 is 6.12. The van der Waals surface area contributed by atoms with E-state index < -0.39 is 0 Å². The summed E-state index contributed by atoms with van der Waals surface area (Å²) >= 11 is 3.38. The molecule has 0 unspecified atom stereocenters. The fourth-order valence-electron chi connectivity index (χ4n) is 2.24. The third-order valence-electron chi connectivity index (χ3n) is 3.45. The molecule has 1 fully saturated rings. The van der Waals surface area contributed by atoms with Crippen molar-refractivity contribution in [1.82, 2.24) is 0 Å². The molecule has 0 aliphatic carbocycles. The smallest absolute Gasteiger partial charge is 0.157 e. The van der Waals surface area contributed by atoms with Gasteiger partial charge < -0.3 is 9.84 Å². The van der Waals surface area contributed by atoms with Crippen LogP contribution in [0.2, 0.25) is 0 Å². The van der Waals surface area contributed by atoms with Gasteiger partial charge in [0.1, 0.15) is 5.75 Å². The standard InChI is InChI=1S/C15H18BrNO3/c1-10-6-13(16)7-12(15(10)19)8-17-9-14(18)11-2-4-20-5-3-11/h6-8,11,19H,2-5,9H2,1H3. The van der Waals surface area contributed by atoms with Crippen molar-refractivity contribution in [2.45, 2.75) is 19.8 Å². The summed E-state index contributed by atoms with van der Waals surface area (Å²) in [4.78, 5) is 16.1. The fourth-order valence-corrected chi connectivity index (χ4v) is 2.83. The Kier molecular flexibility index (Phi) is 5.31. The van der Waals surface area contributed by atoms with Crippen LogP contribution in [0.4, 0.5) is 0 Å². The Morgan fingerprint density at radius 2 is 2.20 bits per heavy atom. The molecular weight excluding hydrogens is 322 g/mol. The second-order valence-corrected chi connectivity index (χ2v) is 5.90. The summed E-state index contributed by atoms with van der Waals surface area (Å²) in [5, 5.41) is 9.92. The summed E-state index contributed by atoms with van der Waals surface area (Å²) in [5.74, 6) is 0.421. The first-order valence-electron chi connectivity index (χ1n) is 6.67. The van der Waals surface area contributed by atoms with E-state index in [4.69, 9.17) is 4.74 Å². The van der Waals surface area contributed by atoms with Gasteiger partial charge in [-0.05, 0) is 37.5 Å². The van der Waals surface area contributed by atoms with Gasteiger partial charge in [-0.25, -0.2) is 0 Å². The molecule has 0 radical (unpaired) electrons. The third-order valence-corrected chi connectivity index (χ3v) is 3.91. The van der Waals surface area contributed by atoms with E-state index in [9.17, 15) is 9.90 Å². The van der Waals surface area contributed by atoms with E-state index in [1.807, 2.05) is 13.0 Å². The Hall–Kier alpha value is -1.20. The maximum atomic E-state index is 12.0. The van der Waals surface area contributed by atoms with Crippen LogP contribution in [0, 0.1) is 12.8 Å². The number of ether oxygens (including phenoxy) is 1. The van der Waals surface area contributed by atoms with Gasteiger partial charge in [0.25, 0.3) is 0 Å². The second kappa shape index (κ2) is 6.99. The van der Waals surface area contributed by atoms with Crippen LogP contribution in [0.1, 0.15) is 24.0 Å². The SMILES string of the molecule is Cc1cc(Br)cc(C=NCC(=O)C2CCOCC2)c1O. The largest absolute Gasteiger partial charge is 0.507 e. The van der Waals surface area contributed by atoms with E-state index in [1.165, 1.54) is 0 Å². The lowest BCUT2D eigenvalue weighted by Gasteiger charge is -2.19. The molecule has 0 spiro atoms. The minimum Gasteiger partial charge on any atom is -0.507 e. The monoisotopic (exact) mass is 339 g/mol. The van der Waals surface area contributed by atoms with Crippen molar-refractivity contribution in [2.75, 3.05) is 19.8 Å². The molecule has 5 heteroatoms. The number of benzene rings is 1. The number of phenols is 1. The zero-order valence-corrected chi connectivity index (χ0v) is 13.0. The molecule has 1 saturated heterocycles. The minimum atomic E-state index is 0.0683. The molecule has 108 valence electrons. The van der Waals surface area contributed by atoms with Crippen LogP contribution in [0.5, 0.6) is 5.75 Å². The summed E-state index contributed by atoms with van der Waals surface area (Å²) in [6.45, 7) is 3.30. The molecule has 2 rings (SSSR count). The number of Topliss-reactive ketones (excluding diaryl/α,β-unsaturated/α-hetero) is 1. The van der Waals surface area contributed by atoms with Gasteiger partial charge in [-0.1, -0.05) is 15.9 Å². The van der Waals surface area contributed by atoms with Gasteiger partial charge in [-0.15, -0.1) is 0 Å². The third kappa shape index (κ3) is 3.90. The molecule has 0 atom stereocenters. The lowest BCUT2D eigenvalue weighted by molar-refractivity contribution is -0.124. The molecular formula is C15H18BrNO3. The molecule has 0 amide bonds. The Bertz CT molecular complexity index is 522. The number of rotatable bonds is 4. The molecule has 1 N–H and O–H groups in total. The fraction of sp³-hybridized carbons (Fsp3) is 0.467. The molecule has 1 aliphatic rings. The van der Waals surface area contributed by atoms with E-state index in [0.29, 0.717) is 18.8 Å². The van der Waals surface area contributed by atoms with Crippen LogP contribution in [-0.2, 0) is 9.53 Å². The molecule has 0 bridgehead atoms. The summed E-state index contributed by atoms with van der Waals surface area (Å²) in [5.41, 5.74) is 1.40. The number of halogens is 1. The van der Waals surface area contributed by atoms with E-state index >= 15 is 0 Å². The maximum absolute atomic E-state index is 12.0. The van der Waals surface area contributed by atoms with Gasteiger partial charge in [0.05, 0.1) is 6.54 Å². The summed E-state index contributed by atoms with van der Waals surface area (Å²) in [6.07, 6.45) is 3.13. The summed E-state index contributed by atoms with van der Waals surface area (Å²) in [7, 11) is 0. The van der Waals surface area contributed by atoms with Crippen molar-refractivity contribution in [3.8, 4) is 5.75 Å². The first kappa shape index (κ1) is 15.2. The van der Waals surface area contributed by atoms with Crippen LogP contribution in [0.15, 0.2) is 21.6 Å². The van der Waals surface area contributed by atoms with E-state index in [0.717, 1.165) is 22.9 Å². The maximum Gasteiger partial charge on any atom is 0.157 e. The number of ketones is 1. The van der Waals surface area contributed by atoms with Gasteiger partial charge in [0.15, 0.2) is 5.78 Å². The molecule has 1 aliphatic heterocycles. The van der Waals surface area contributed by atoms with Crippen molar-refractivity contribution in [3.63, 3.8) is 0 Å². The highest BCUT2D eigenvalue weighted by molar-refractivity contribution is 9.10. The van der Waals surface area contributed by atoms with Gasteiger partial charge >= 0.3 is 0 Å². The summed E-state index contributed by atoms with van der Waals surface area (Å²) in [6, 6.07) is 3.62. The molecule has 1 heterocycles. The zero-order chi connectivity index (χ0) is 14.5. The normalized spacial score (nSPS) is 16.7. The molecule has 1 aromatic rings. The van der Waals surface area contributed by atoms with Crippen molar-refractivity contribution in [3.05, 3.63) is 27.7 Å². The van der Waals surface area contributed by atoms with Crippen molar-refractivity contribution < 1.29 is 14.6 Å². The van der Waals surface area contributed by atoms with Crippen LogP contribution < -0.4 is 0 Å². The minimum absolute atomic E-state index is 0.0683. The number of phenolic OH excluding ortho intramolecular Hbond substituents is 1. The van der Waals surface area contributed by atoms with Crippen molar-refractivity contribution in [1.29, 1.82) is 0 Å². The quantitative estimate of drug-likeness (QED) is 0.858. The van der Waals surface area contributed by atoms with Gasteiger partial charge in [-0.3, -0.25) is 9.79 Å². The van der Waals surface area contributed by atoms with E-state index in [2.05, 4.69) is 20.9 Å². The van der Waals surface area contributed by atoms with Crippen molar-refractivity contribution >= 4 is 27.9 Å². The molecule has 4 nitrogen and oxygen atoms in total. The number of aliphatic imine (C=N–C) groups is 1. The predicted octanol–water partition coefficient (Wildman–Crippen LogP) is 2.88. The lowest BCUT2D eigenvalue weighted by atomic mass is 9.95. The van der Waals surface area contributed by atoms with Crippen molar-refractivity contribution in [2.24, 2.45) is 10.9 Å². The highest BCUT2D eigenvalue weighted by Crippen LogP contribution is 2.25. The molecule has 1 aromatic carbocycles. The number of aryl methyl sites for hydroxylation is 1. The first-order chi connectivity index (χ1) is 9.58. The number of aromatic hydroxyl groups is 1. The molecule has 0 aromatic heterocycles. The Labute approximate surface area is 127 Å². The average molecular weight is 340 g/mol. The number of nitrogens with zero attached hydrogens (tertiary/aromatic N) is 1. The van der Waals surface area contributed by atoms with Crippen LogP contribution >= 0.6 is 15.9 Å². The number of hydrogen-bond acceptors (Lipinski definition) is 4. The predicted molar refractivity (Wildman–Crippen MR) is 81.6 cm³/mol. The van der Waals surface area contributed by atoms with Gasteiger partial charge in [0.2, 0.25) is 0 Å². The lowest BCUT2D eigenvalue weighted by Crippen LogP contribution is -2.25. The van der Waals surface area contributed by atoms with Crippen LogP contribution in [0.3, 0.4) is 0 Å².